The van der Waals surface area contributed by atoms with Crippen LogP contribution in [-0.4, -0.2) is 165 Å². The predicted octanol–water partition coefficient (Wildman–Crippen LogP) is -12.8. The van der Waals surface area contributed by atoms with Crippen molar-refractivity contribution < 1.29 is 77.1 Å². The van der Waals surface area contributed by atoms with Crippen LogP contribution in [0.2, 0.25) is 0 Å². The maximum absolute atomic E-state index is 10.1. The first-order chi connectivity index (χ1) is 13.6. The summed E-state index contributed by atoms with van der Waals surface area (Å²) in [6.07, 6.45) is 0. The van der Waals surface area contributed by atoms with Crippen LogP contribution in [0.1, 0.15) is 0 Å². The first kappa shape index (κ1) is 45.4. The van der Waals surface area contributed by atoms with Gasteiger partial charge in [0.15, 0.2) is 0 Å². The molecule has 0 aliphatic rings. The molecule has 0 aromatic rings. The summed E-state index contributed by atoms with van der Waals surface area (Å²) in [5.74, 6) is 0. The molecule has 6 atom stereocenters. The van der Waals surface area contributed by atoms with E-state index in [9.17, 15) is 59.6 Å². The van der Waals surface area contributed by atoms with Gasteiger partial charge in [0.1, 0.15) is 0 Å². The molecule has 0 amide bonds. The average Bonchev–Trinajstić information content (AvgIpc) is 2.42. The van der Waals surface area contributed by atoms with Crippen molar-refractivity contribution >= 4 is 165 Å². The summed E-state index contributed by atoms with van der Waals surface area (Å²) in [5.41, 5.74) is 0. The normalized spacial score (nSPS) is 18.6. The Balaban J connectivity index is -0.000000110. The largest absolute Gasteiger partial charge is 0 e. The summed E-state index contributed by atoms with van der Waals surface area (Å²) in [5, 5.41) is 0. The smallest absolute Gasteiger partial charge is 0 e. The first-order valence-corrected chi connectivity index (χ1v) is 23.4. The van der Waals surface area contributed by atoms with Crippen molar-refractivity contribution in [3.63, 3.8) is 0 Å². The molecule has 0 rings (SSSR count). The molecule has 0 aromatic carbocycles. The van der Waals surface area contributed by atoms with E-state index in [1.807, 2.05) is 0 Å². The number of rotatable bonds is 12. The minimum atomic E-state index is -3.81. The molecule has 0 N–H and O–H groups in total. The number of hydrogen-bond donors (Lipinski definition) is 0. The molecule has 0 saturated carbocycles. The average molecular weight is 1100 g/mol. The Morgan fingerprint density at radius 1 is 0.312 bits per heavy atom. The fourth-order valence-corrected chi connectivity index (χ4v) is 12.1. The molecular weight excluding hydrogens is 1100 g/mol. The standard InChI is InChI=1S/2Al.3H2O7Se3/c;;3*1-8(2)6-10(5)7-9(3)4/h;;3*(H,1,2)(H,3,4)/p-6. The van der Waals surface area contributed by atoms with Gasteiger partial charge in [0.2, 0.25) is 0 Å². The van der Waals surface area contributed by atoms with Crippen LogP contribution in [0.5, 0.6) is 0 Å². The van der Waals surface area contributed by atoms with Gasteiger partial charge < -0.3 is 0 Å². The van der Waals surface area contributed by atoms with Crippen molar-refractivity contribution in [1.29, 1.82) is 0 Å². The number of hydrogen-bond acceptors (Lipinski definition) is 21. The molecule has 0 aromatic heterocycles. The van der Waals surface area contributed by atoms with Crippen molar-refractivity contribution in [1.82, 2.24) is 0 Å². The molecule has 32 heavy (non-hydrogen) atoms. The van der Waals surface area contributed by atoms with Gasteiger partial charge >= 0.3 is 207 Å². The zero-order valence-electron chi connectivity index (χ0n) is 13.4. The molecule has 32 heteroatoms. The Morgan fingerprint density at radius 3 is 0.469 bits per heavy atom. The van der Waals surface area contributed by atoms with Gasteiger partial charge in [0.05, 0.1) is 0 Å². The maximum atomic E-state index is 10.1. The van der Waals surface area contributed by atoms with E-state index < -0.39 is 130 Å². The Labute approximate surface area is 238 Å². The Bertz CT molecular complexity index is 561. The van der Waals surface area contributed by atoms with E-state index in [0.717, 1.165) is 0 Å². The van der Waals surface area contributed by atoms with E-state index in [4.69, 9.17) is 0 Å². The van der Waals surface area contributed by atoms with Crippen LogP contribution in [0.3, 0.4) is 0 Å². The zero-order valence-corrected chi connectivity index (χ0v) is 31.1. The van der Waals surface area contributed by atoms with Gasteiger partial charge in [-0.1, -0.05) is 0 Å². The van der Waals surface area contributed by atoms with E-state index in [0.29, 0.717) is 0 Å². The van der Waals surface area contributed by atoms with Crippen molar-refractivity contribution in [2.45, 2.75) is 0 Å². The summed E-state index contributed by atoms with van der Waals surface area (Å²) in [7, 11) is 0. The van der Waals surface area contributed by atoms with Gasteiger partial charge in [-0.15, -0.1) is 0 Å². The molecule has 0 aliphatic carbocycles. The molecule has 21 nitrogen and oxygen atoms in total. The van der Waals surface area contributed by atoms with Gasteiger partial charge in [0.25, 0.3) is 0 Å². The topological polar surface area (TPSA) is 347 Å². The zero-order chi connectivity index (χ0) is 24.4. The molecule has 192 valence electrons. The monoisotopic (exact) mass is 1110 g/mol. The van der Waals surface area contributed by atoms with Crippen molar-refractivity contribution in [3.8, 4) is 0 Å². The predicted molar refractivity (Wildman–Crippen MR) is 76.0 cm³/mol. The summed E-state index contributed by atoms with van der Waals surface area (Å²) in [6, 6.07) is 0. The molecule has 0 heterocycles. The van der Waals surface area contributed by atoms with Crippen molar-refractivity contribution in [2.24, 2.45) is 0 Å². The molecule has 0 aliphatic heterocycles. The maximum Gasteiger partial charge on any atom is 0 e. The van der Waals surface area contributed by atoms with Crippen LogP contribution < -0.4 is 25.1 Å². The summed E-state index contributed by atoms with van der Waals surface area (Å²) in [6.45, 7) is 0. The van der Waals surface area contributed by atoms with Crippen molar-refractivity contribution in [2.75, 3.05) is 0 Å². The SMILES string of the molecule is O=[Se]([O-])O[Se](=O)O[Se](=O)[O-].O=[Se]([O-])O[Se](=O)O[Se](=O)[O-].O=[Se]([O-])O[Se](=O)O[Se](=O)[O-].[Al].[Al]. The second-order valence-corrected chi connectivity index (χ2v) is 20.6. The molecule has 0 bridgehead atoms. The second-order valence-electron chi connectivity index (χ2n) is 2.25. The quantitative estimate of drug-likeness (QED) is 0.164. The van der Waals surface area contributed by atoms with Crippen LogP contribution in [0.4, 0.5) is 0 Å². The molecular formula is Al2O21Se9-6. The molecule has 6 radical (unpaired) electrons. The molecule has 0 fully saturated rings. The van der Waals surface area contributed by atoms with Crippen molar-refractivity contribution in [3.05, 3.63) is 0 Å². The van der Waals surface area contributed by atoms with Gasteiger partial charge in [-0.05, 0) is 0 Å². The molecule has 6 unspecified atom stereocenters. The van der Waals surface area contributed by atoms with Crippen LogP contribution >= 0.6 is 0 Å². The molecule has 0 saturated heterocycles. The first-order valence-electron chi connectivity index (χ1n) is 4.50. The van der Waals surface area contributed by atoms with Gasteiger partial charge in [-0.2, -0.15) is 0 Å². The van der Waals surface area contributed by atoms with E-state index in [-0.39, 0.29) is 34.7 Å². The van der Waals surface area contributed by atoms with Crippen LogP contribution in [0, 0.1) is 0 Å². The second kappa shape index (κ2) is 29.0. The third-order valence-electron chi connectivity index (χ3n) is 0.667. The van der Waals surface area contributed by atoms with Crippen LogP contribution in [0.25, 0.3) is 0 Å². The van der Waals surface area contributed by atoms with E-state index in [2.05, 4.69) is 17.4 Å². The fourth-order valence-electron chi connectivity index (χ4n) is 0.306. The fraction of sp³-hybridized carbons (Fsp3) is 0. The van der Waals surface area contributed by atoms with Gasteiger partial charge in [-0.3, -0.25) is 0 Å². The van der Waals surface area contributed by atoms with E-state index >= 15 is 0 Å². The van der Waals surface area contributed by atoms with E-state index in [1.54, 1.807) is 0 Å². The van der Waals surface area contributed by atoms with Gasteiger partial charge in [0, 0.05) is 34.7 Å². The summed E-state index contributed by atoms with van der Waals surface area (Å²) >= 11 is -33.6. The Hall–Kier alpha value is 3.46. The van der Waals surface area contributed by atoms with E-state index in [1.165, 1.54) is 0 Å². The van der Waals surface area contributed by atoms with Gasteiger partial charge in [-0.25, -0.2) is 0 Å². The van der Waals surface area contributed by atoms with Crippen LogP contribution in [-0.2, 0) is 51.9 Å². The summed E-state index contributed by atoms with van der Waals surface area (Å²) in [4.78, 5) is 0. The third-order valence-corrected chi connectivity index (χ3v) is 18.0. The molecule has 0 spiro atoms. The Kier molecular flexibility index (Phi) is 41.2. The van der Waals surface area contributed by atoms with Crippen LogP contribution in [0.15, 0.2) is 0 Å². The Morgan fingerprint density at radius 2 is 0.406 bits per heavy atom. The summed E-state index contributed by atoms with van der Waals surface area (Å²) < 4.78 is 167. The minimum absolute atomic E-state index is 0. The minimum Gasteiger partial charge on any atom is 0 e. The third kappa shape index (κ3) is 46.8.